The number of benzene rings is 2. The largest absolute Gasteiger partial charge is 0.492 e. The third-order valence-electron chi connectivity index (χ3n) is 7.86. The lowest BCUT2D eigenvalue weighted by molar-refractivity contribution is -0.124. The number of carbonyl (C=O) groups is 1. The van der Waals surface area contributed by atoms with Crippen molar-refractivity contribution in [2.45, 2.75) is 38.1 Å². The molecule has 2 aromatic carbocycles. The van der Waals surface area contributed by atoms with Gasteiger partial charge in [-0.05, 0) is 91.7 Å². The summed E-state index contributed by atoms with van der Waals surface area (Å²) in [6.45, 7) is 5.64. The summed E-state index contributed by atoms with van der Waals surface area (Å²) >= 11 is 0. The van der Waals surface area contributed by atoms with Crippen LogP contribution in [0.3, 0.4) is 0 Å². The Bertz CT molecular complexity index is 1260. The zero-order chi connectivity index (χ0) is 26.3. The van der Waals surface area contributed by atoms with Crippen LogP contribution in [0.1, 0.15) is 47.6 Å². The molecule has 5 rings (SSSR count). The molecule has 8 nitrogen and oxygen atoms in total. The maximum atomic E-state index is 11.3. The lowest BCUT2D eigenvalue weighted by Gasteiger charge is -2.29. The predicted molar refractivity (Wildman–Crippen MR) is 148 cm³/mol. The Balaban J connectivity index is 1.24. The zero-order valence-electron chi connectivity index (χ0n) is 21.9. The van der Waals surface area contributed by atoms with E-state index in [0.29, 0.717) is 13.2 Å². The molecule has 0 saturated carbocycles. The first-order valence-corrected chi connectivity index (χ1v) is 13.7. The fraction of sp³-hybridized carbons (Fsp3) is 0.433. The van der Waals surface area contributed by atoms with E-state index in [0.717, 1.165) is 49.2 Å². The fourth-order valence-corrected chi connectivity index (χ4v) is 5.88. The number of hydrogen-bond donors (Lipinski definition) is 4. The molecular formula is C30H38N4O4. The van der Waals surface area contributed by atoms with Crippen LogP contribution in [0.5, 0.6) is 5.75 Å². The molecule has 2 heterocycles. The van der Waals surface area contributed by atoms with Crippen LogP contribution in [0.4, 0.5) is 0 Å². The summed E-state index contributed by atoms with van der Waals surface area (Å²) in [6.07, 6.45) is 10.5. The minimum absolute atomic E-state index is 0.117. The van der Waals surface area contributed by atoms with Gasteiger partial charge >= 0.3 is 0 Å². The number of likely N-dealkylation sites (tertiary alicyclic amines) is 1. The Morgan fingerprint density at radius 2 is 2.05 bits per heavy atom. The number of amides is 1. The van der Waals surface area contributed by atoms with E-state index in [4.69, 9.17) is 9.94 Å². The van der Waals surface area contributed by atoms with Crippen LogP contribution < -0.4 is 10.2 Å². The Morgan fingerprint density at radius 1 is 1.18 bits per heavy atom. The summed E-state index contributed by atoms with van der Waals surface area (Å²) in [6, 6.07) is 12.8. The molecule has 1 unspecified atom stereocenters. The molecule has 1 atom stereocenters. The van der Waals surface area contributed by atoms with Crippen LogP contribution in [0, 0.1) is 0 Å². The van der Waals surface area contributed by atoms with Crippen molar-refractivity contribution in [2.75, 3.05) is 45.9 Å². The number of aliphatic hydroxyl groups is 1. The van der Waals surface area contributed by atoms with Crippen molar-refractivity contribution in [1.82, 2.24) is 20.3 Å². The van der Waals surface area contributed by atoms with Crippen LogP contribution in [0.2, 0.25) is 0 Å². The summed E-state index contributed by atoms with van der Waals surface area (Å²) in [5.74, 6) is 0.367. The molecule has 1 aromatic heterocycles. The van der Waals surface area contributed by atoms with E-state index in [2.05, 4.69) is 45.2 Å². The lowest BCUT2D eigenvalue weighted by Crippen LogP contribution is -2.32. The molecule has 1 aliphatic heterocycles. The Labute approximate surface area is 223 Å². The van der Waals surface area contributed by atoms with Gasteiger partial charge in [0.05, 0.1) is 6.61 Å². The van der Waals surface area contributed by atoms with E-state index in [1.165, 1.54) is 54.1 Å². The number of ether oxygens (including phenoxy) is 1. The van der Waals surface area contributed by atoms with Crippen molar-refractivity contribution < 1.29 is 19.8 Å². The van der Waals surface area contributed by atoms with Gasteiger partial charge in [0.1, 0.15) is 12.4 Å². The molecule has 8 heteroatoms. The third-order valence-corrected chi connectivity index (χ3v) is 7.86. The molecule has 1 fully saturated rings. The first-order chi connectivity index (χ1) is 18.6. The number of hydrogen-bond acceptors (Lipinski definition) is 6. The Kier molecular flexibility index (Phi) is 8.75. The number of nitrogens with zero attached hydrogens (tertiary/aromatic N) is 2. The molecule has 0 radical (unpaired) electrons. The van der Waals surface area contributed by atoms with E-state index in [9.17, 15) is 9.90 Å². The van der Waals surface area contributed by atoms with Gasteiger partial charge in [-0.1, -0.05) is 18.2 Å². The van der Waals surface area contributed by atoms with E-state index >= 15 is 0 Å². The third kappa shape index (κ3) is 6.27. The second-order valence-corrected chi connectivity index (χ2v) is 10.3. The predicted octanol–water partition coefficient (Wildman–Crippen LogP) is 3.69. The number of carbonyl (C=O) groups excluding carboxylic acids is 1. The van der Waals surface area contributed by atoms with E-state index in [-0.39, 0.29) is 12.6 Å². The van der Waals surface area contributed by atoms with Crippen molar-refractivity contribution in [3.63, 3.8) is 0 Å². The number of aryl methyl sites for hydroxylation is 1. The van der Waals surface area contributed by atoms with Crippen LogP contribution in [0.15, 0.2) is 48.7 Å². The van der Waals surface area contributed by atoms with Crippen molar-refractivity contribution in [1.29, 1.82) is 0 Å². The maximum Gasteiger partial charge on any atom is 0.267 e. The molecule has 2 aliphatic rings. The zero-order valence-corrected chi connectivity index (χ0v) is 21.9. The van der Waals surface area contributed by atoms with Gasteiger partial charge < -0.3 is 14.8 Å². The molecule has 1 saturated heterocycles. The minimum atomic E-state index is -0.546. The minimum Gasteiger partial charge on any atom is -0.492 e. The average Bonchev–Trinajstić information content (AvgIpc) is 3.70. The quantitative estimate of drug-likeness (QED) is 0.166. The van der Waals surface area contributed by atoms with Gasteiger partial charge in [0.15, 0.2) is 0 Å². The second kappa shape index (κ2) is 12.6. The lowest BCUT2D eigenvalue weighted by atomic mass is 10.0. The number of fused-ring (bicyclic) bond motifs is 2. The molecule has 0 spiro atoms. The van der Waals surface area contributed by atoms with E-state index in [1.807, 2.05) is 12.1 Å². The van der Waals surface area contributed by atoms with E-state index < -0.39 is 5.91 Å². The number of hydroxylamine groups is 1. The number of aromatic nitrogens is 1. The number of nitrogens with one attached hydrogen (secondary N) is 2. The summed E-state index contributed by atoms with van der Waals surface area (Å²) in [7, 11) is 0. The van der Waals surface area contributed by atoms with Gasteiger partial charge in [-0.2, -0.15) is 0 Å². The Hall–Kier alpha value is -3.17. The van der Waals surface area contributed by atoms with Crippen LogP contribution in [-0.4, -0.2) is 76.9 Å². The van der Waals surface area contributed by atoms with Gasteiger partial charge in [-0.15, -0.1) is 0 Å². The highest BCUT2D eigenvalue weighted by molar-refractivity contribution is 5.90. The molecular weight excluding hydrogens is 480 g/mol. The molecule has 202 valence electrons. The summed E-state index contributed by atoms with van der Waals surface area (Å²) in [5, 5.41) is 19.7. The number of aliphatic hydroxyl groups excluding tert-OH is 1. The highest BCUT2D eigenvalue weighted by Gasteiger charge is 2.27. The van der Waals surface area contributed by atoms with E-state index in [1.54, 1.807) is 11.6 Å². The average molecular weight is 519 g/mol. The first-order valence-electron chi connectivity index (χ1n) is 13.7. The molecule has 3 aromatic rings. The topological polar surface area (TPSA) is 101 Å². The molecule has 1 amide bonds. The van der Waals surface area contributed by atoms with Crippen molar-refractivity contribution in [3.05, 3.63) is 70.9 Å². The Morgan fingerprint density at radius 3 is 2.87 bits per heavy atom. The highest BCUT2D eigenvalue weighted by atomic mass is 16.5. The van der Waals surface area contributed by atoms with Gasteiger partial charge in [-0.3, -0.25) is 19.8 Å². The van der Waals surface area contributed by atoms with Gasteiger partial charge in [0, 0.05) is 48.9 Å². The van der Waals surface area contributed by atoms with Gasteiger partial charge in [-0.25, -0.2) is 5.48 Å². The SMILES string of the molecule is O=C(/C=C/c1ccc2c(c1)CCC2N(CCO)CCc1c[nH]c2ccc(OCCN3CCCC3)cc12)NO. The van der Waals surface area contributed by atoms with Gasteiger partial charge in [0.2, 0.25) is 0 Å². The number of H-pyrrole nitrogens is 1. The smallest absolute Gasteiger partial charge is 0.267 e. The molecule has 1 aliphatic carbocycles. The standard InChI is InChI=1S/C30H38N4O4/c35-17-15-34(29-9-5-23-19-22(3-7-26(23)29)4-10-30(36)32-37)14-11-24-21-31-28-8-6-25(20-27(24)28)38-18-16-33-12-1-2-13-33/h3-4,6-8,10,19-21,29,31,35,37H,1-2,5,9,11-18H2,(H,32,36)/b10-4+. The maximum absolute atomic E-state index is 11.3. The van der Waals surface area contributed by atoms with Crippen molar-refractivity contribution in [3.8, 4) is 5.75 Å². The van der Waals surface area contributed by atoms with Crippen molar-refractivity contribution in [2.24, 2.45) is 0 Å². The summed E-state index contributed by atoms with van der Waals surface area (Å²) < 4.78 is 6.09. The summed E-state index contributed by atoms with van der Waals surface area (Å²) in [5.41, 5.74) is 7.47. The normalized spacial score (nSPS) is 17.6. The van der Waals surface area contributed by atoms with Crippen LogP contribution in [0.25, 0.3) is 17.0 Å². The first kappa shape index (κ1) is 26.4. The molecule has 4 N–H and O–H groups in total. The highest BCUT2D eigenvalue weighted by Crippen LogP contribution is 2.36. The summed E-state index contributed by atoms with van der Waals surface area (Å²) in [4.78, 5) is 19.6. The number of rotatable bonds is 12. The second-order valence-electron chi connectivity index (χ2n) is 10.3. The van der Waals surface area contributed by atoms with Crippen molar-refractivity contribution >= 4 is 22.9 Å². The van der Waals surface area contributed by atoms with Gasteiger partial charge in [0.25, 0.3) is 5.91 Å². The monoisotopic (exact) mass is 518 g/mol. The molecule has 38 heavy (non-hydrogen) atoms. The molecule has 0 bridgehead atoms. The van der Waals surface area contributed by atoms with Crippen LogP contribution >= 0.6 is 0 Å². The number of aromatic amines is 1. The van der Waals surface area contributed by atoms with Crippen LogP contribution in [-0.2, 0) is 17.6 Å². The fourth-order valence-electron chi connectivity index (χ4n) is 5.88.